The van der Waals surface area contributed by atoms with E-state index in [9.17, 15) is 26.3 Å². The zero-order valence-corrected chi connectivity index (χ0v) is 19.2. The lowest BCUT2D eigenvalue weighted by atomic mass is 9.59. The second-order valence-electron chi connectivity index (χ2n) is 8.80. The summed E-state index contributed by atoms with van der Waals surface area (Å²) in [7, 11) is 0. The summed E-state index contributed by atoms with van der Waals surface area (Å²) in [5.74, 6) is -4.36. The van der Waals surface area contributed by atoms with Crippen molar-refractivity contribution in [1.29, 1.82) is 0 Å². The van der Waals surface area contributed by atoms with Crippen LogP contribution in [0, 0.1) is 5.92 Å². The van der Waals surface area contributed by atoms with Crippen LogP contribution in [0.5, 0.6) is 0 Å². The Hall–Kier alpha value is -3.54. The molecular formula is C30H24F6. The van der Waals surface area contributed by atoms with Crippen LogP contribution in [0.4, 0.5) is 26.3 Å². The van der Waals surface area contributed by atoms with E-state index < -0.39 is 36.0 Å². The van der Waals surface area contributed by atoms with Crippen molar-refractivity contribution in [3.63, 3.8) is 0 Å². The molecule has 0 aliphatic carbocycles. The number of rotatable bonds is 7. The number of hydrogen-bond donors (Lipinski definition) is 0. The molecule has 0 unspecified atom stereocenters. The van der Waals surface area contributed by atoms with Crippen molar-refractivity contribution in [3.05, 3.63) is 144 Å². The van der Waals surface area contributed by atoms with Crippen LogP contribution in [0.3, 0.4) is 0 Å². The molecule has 0 heterocycles. The van der Waals surface area contributed by atoms with E-state index in [0.717, 1.165) is 0 Å². The largest absolute Gasteiger partial charge is 0.401 e. The summed E-state index contributed by atoms with van der Waals surface area (Å²) in [6, 6.07) is 32.0. The van der Waals surface area contributed by atoms with Crippen LogP contribution < -0.4 is 0 Å². The minimum Gasteiger partial charge on any atom is -0.170 e. The first kappa shape index (κ1) is 25.5. The van der Waals surface area contributed by atoms with Gasteiger partial charge in [-0.25, -0.2) is 0 Å². The maximum absolute atomic E-state index is 14.6. The number of alkyl halides is 6. The van der Waals surface area contributed by atoms with E-state index >= 15 is 0 Å². The van der Waals surface area contributed by atoms with Gasteiger partial charge in [0.25, 0.3) is 0 Å². The second-order valence-corrected chi connectivity index (χ2v) is 8.80. The van der Waals surface area contributed by atoms with Gasteiger partial charge in [0.05, 0.1) is 0 Å². The van der Waals surface area contributed by atoms with Gasteiger partial charge in [-0.2, -0.15) is 26.3 Å². The molecule has 0 nitrogen and oxygen atoms in total. The van der Waals surface area contributed by atoms with E-state index in [1.54, 1.807) is 72.8 Å². The van der Waals surface area contributed by atoms with Gasteiger partial charge in [-0.05, 0) is 28.7 Å². The van der Waals surface area contributed by atoms with Gasteiger partial charge in [-0.3, -0.25) is 0 Å². The van der Waals surface area contributed by atoms with E-state index in [-0.39, 0.29) is 11.1 Å². The van der Waals surface area contributed by atoms with Crippen LogP contribution in [0.1, 0.15) is 34.6 Å². The van der Waals surface area contributed by atoms with Gasteiger partial charge >= 0.3 is 12.4 Å². The van der Waals surface area contributed by atoms with Crippen molar-refractivity contribution in [3.8, 4) is 0 Å². The van der Waals surface area contributed by atoms with Gasteiger partial charge in [-0.15, -0.1) is 0 Å². The molecule has 0 saturated carbocycles. The fraction of sp³-hybridized carbons (Fsp3) is 0.200. The van der Waals surface area contributed by atoms with Crippen LogP contribution in [0.2, 0.25) is 0 Å². The first-order valence-electron chi connectivity index (χ1n) is 11.5. The van der Waals surface area contributed by atoms with Crippen LogP contribution in [-0.2, 0) is 5.41 Å². The zero-order chi connectivity index (χ0) is 25.8. The lowest BCUT2D eigenvalue weighted by Gasteiger charge is -2.45. The van der Waals surface area contributed by atoms with Gasteiger partial charge in [0.1, 0.15) is 0 Å². The summed E-state index contributed by atoms with van der Waals surface area (Å²) in [5, 5.41) is 0. The van der Waals surface area contributed by atoms with Crippen molar-refractivity contribution in [2.24, 2.45) is 5.92 Å². The van der Waals surface area contributed by atoms with Crippen LogP contribution in [0.25, 0.3) is 0 Å². The highest BCUT2D eigenvalue weighted by Gasteiger charge is 2.67. The second kappa shape index (κ2) is 10.2. The minimum atomic E-state index is -5.55. The molecule has 0 aromatic heterocycles. The van der Waals surface area contributed by atoms with Crippen molar-refractivity contribution >= 4 is 0 Å². The lowest BCUT2D eigenvalue weighted by molar-refractivity contribution is -0.300. The molecule has 0 atom stereocenters. The molecule has 0 N–H and O–H groups in total. The molecule has 0 saturated heterocycles. The quantitative estimate of drug-likeness (QED) is 0.223. The van der Waals surface area contributed by atoms with E-state index in [1.165, 1.54) is 48.5 Å². The van der Waals surface area contributed by atoms with Crippen LogP contribution >= 0.6 is 0 Å². The molecule has 0 aliphatic heterocycles. The fourth-order valence-electron chi connectivity index (χ4n) is 5.19. The first-order chi connectivity index (χ1) is 17.1. The van der Waals surface area contributed by atoms with E-state index in [4.69, 9.17) is 0 Å². The van der Waals surface area contributed by atoms with Crippen molar-refractivity contribution in [2.75, 3.05) is 0 Å². The predicted octanol–water partition coefficient (Wildman–Crippen LogP) is 8.94. The van der Waals surface area contributed by atoms with Crippen molar-refractivity contribution in [2.45, 2.75) is 30.1 Å². The summed E-state index contributed by atoms with van der Waals surface area (Å²) in [4.78, 5) is 0. The highest BCUT2D eigenvalue weighted by atomic mass is 19.4. The average molecular weight is 499 g/mol. The summed E-state index contributed by atoms with van der Waals surface area (Å²) in [6.07, 6.45) is -11.6. The minimum absolute atomic E-state index is 0.0345. The maximum atomic E-state index is 14.6. The van der Waals surface area contributed by atoms with E-state index in [2.05, 4.69) is 0 Å². The molecule has 36 heavy (non-hydrogen) atoms. The maximum Gasteiger partial charge on any atom is 0.401 e. The Bertz CT molecular complexity index is 1120. The number of benzene rings is 4. The van der Waals surface area contributed by atoms with Gasteiger partial charge in [0, 0.05) is 11.3 Å². The smallest absolute Gasteiger partial charge is 0.170 e. The fourth-order valence-corrected chi connectivity index (χ4v) is 5.19. The number of hydrogen-bond acceptors (Lipinski definition) is 0. The molecule has 0 amide bonds. The Morgan fingerprint density at radius 2 is 0.750 bits per heavy atom. The normalized spacial score (nSPS) is 12.8. The SMILES string of the molecule is FC(F)(F)C(C(F)(F)F)C(CC(c1ccccc1)c1ccccc1)(c1ccccc1)c1ccccc1. The molecular weight excluding hydrogens is 474 g/mol. The average Bonchev–Trinajstić information content (AvgIpc) is 2.87. The Balaban J connectivity index is 2.08. The topological polar surface area (TPSA) is 0 Å². The molecule has 0 spiro atoms. The molecule has 0 aliphatic rings. The van der Waals surface area contributed by atoms with Crippen LogP contribution in [0.15, 0.2) is 121 Å². The molecule has 4 rings (SSSR count). The van der Waals surface area contributed by atoms with Gasteiger partial charge in [0.15, 0.2) is 5.92 Å². The van der Waals surface area contributed by atoms with Gasteiger partial charge in [0.2, 0.25) is 0 Å². The highest BCUT2D eigenvalue weighted by molar-refractivity contribution is 5.45. The Morgan fingerprint density at radius 3 is 1.06 bits per heavy atom. The first-order valence-corrected chi connectivity index (χ1v) is 11.5. The van der Waals surface area contributed by atoms with Crippen molar-refractivity contribution in [1.82, 2.24) is 0 Å². The Labute approximate surface area is 206 Å². The molecule has 0 radical (unpaired) electrons. The molecule has 6 heteroatoms. The Kier molecular flexibility index (Phi) is 7.25. The summed E-state index contributed by atoms with van der Waals surface area (Å²) < 4.78 is 87.7. The lowest BCUT2D eigenvalue weighted by Crippen LogP contribution is -2.53. The molecule has 0 fully saturated rings. The predicted molar refractivity (Wildman–Crippen MR) is 129 cm³/mol. The summed E-state index contributed by atoms with van der Waals surface area (Å²) >= 11 is 0. The number of halogens is 6. The molecule has 4 aromatic rings. The highest BCUT2D eigenvalue weighted by Crippen LogP contribution is 2.58. The third-order valence-corrected chi connectivity index (χ3v) is 6.66. The third-order valence-electron chi connectivity index (χ3n) is 6.66. The van der Waals surface area contributed by atoms with Gasteiger partial charge < -0.3 is 0 Å². The van der Waals surface area contributed by atoms with Gasteiger partial charge in [-0.1, -0.05) is 121 Å². The van der Waals surface area contributed by atoms with Crippen LogP contribution in [-0.4, -0.2) is 12.4 Å². The monoisotopic (exact) mass is 498 g/mol. The molecule has 0 bridgehead atoms. The van der Waals surface area contributed by atoms with E-state index in [1.807, 2.05) is 0 Å². The van der Waals surface area contributed by atoms with E-state index in [0.29, 0.717) is 11.1 Å². The Morgan fingerprint density at radius 1 is 0.444 bits per heavy atom. The molecule has 4 aromatic carbocycles. The standard InChI is InChI=1S/C30H24F6/c31-29(32,33)27(30(34,35)36)28(24-17-9-3-10-18-24,25-19-11-4-12-20-25)21-26(22-13-5-1-6-14-22)23-15-7-2-8-16-23/h1-20,26-27H,21H2. The summed E-state index contributed by atoms with van der Waals surface area (Å²) in [5.41, 5.74) is -1.23. The molecule has 186 valence electrons. The summed E-state index contributed by atoms with van der Waals surface area (Å²) in [6.45, 7) is 0. The zero-order valence-electron chi connectivity index (χ0n) is 19.2. The third kappa shape index (κ3) is 5.18. The van der Waals surface area contributed by atoms with Crippen molar-refractivity contribution < 1.29 is 26.3 Å².